The second-order valence-corrected chi connectivity index (χ2v) is 5.08. The Hall–Kier alpha value is -2.41. The van der Waals surface area contributed by atoms with Crippen LogP contribution in [0.25, 0.3) is 0 Å². The van der Waals surface area contributed by atoms with Crippen molar-refractivity contribution in [2.75, 3.05) is 20.3 Å². The number of amides is 1. The van der Waals surface area contributed by atoms with E-state index in [9.17, 15) is 14.4 Å². The second-order valence-electron chi connectivity index (χ2n) is 5.08. The van der Waals surface area contributed by atoms with Gasteiger partial charge >= 0.3 is 12.1 Å². The monoisotopic (exact) mass is 337 g/mol. The Bertz CT molecular complexity index is 531. The molecule has 1 aromatic carbocycles. The van der Waals surface area contributed by atoms with E-state index >= 15 is 0 Å². The normalized spacial score (nSPS) is 11.4. The van der Waals surface area contributed by atoms with Gasteiger partial charge in [-0.05, 0) is 12.5 Å². The van der Waals surface area contributed by atoms with E-state index in [0.717, 1.165) is 5.56 Å². The highest BCUT2D eigenvalue weighted by Crippen LogP contribution is 2.03. The largest absolute Gasteiger partial charge is 0.466 e. The first kappa shape index (κ1) is 19.6. The van der Waals surface area contributed by atoms with Crippen LogP contribution in [0, 0.1) is 0 Å². The SMILES string of the molecule is CCOC(=O)CC(=O)C[C@@H](COC)NC(=O)OCc1ccccc1. The third-order valence-electron chi connectivity index (χ3n) is 3.02. The highest BCUT2D eigenvalue weighted by atomic mass is 16.5. The molecule has 1 N–H and O–H groups in total. The predicted molar refractivity (Wildman–Crippen MR) is 86.3 cm³/mol. The van der Waals surface area contributed by atoms with Gasteiger partial charge in [-0.2, -0.15) is 0 Å². The summed E-state index contributed by atoms with van der Waals surface area (Å²) in [6.07, 6.45) is -1.01. The second kappa shape index (κ2) is 11.2. The van der Waals surface area contributed by atoms with E-state index in [1.165, 1.54) is 7.11 Å². The summed E-state index contributed by atoms with van der Waals surface area (Å²) in [5, 5.41) is 2.57. The molecule has 0 unspecified atom stereocenters. The van der Waals surface area contributed by atoms with Crippen LogP contribution in [0.1, 0.15) is 25.3 Å². The van der Waals surface area contributed by atoms with Gasteiger partial charge in [0.1, 0.15) is 18.8 Å². The maximum Gasteiger partial charge on any atom is 0.407 e. The molecule has 0 aromatic heterocycles. The van der Waals surface area contributed by atoms with Crippen LogP contribution in [0.3, 0.4) is 0 Å². The van der Waals surface area contributed by atoms with Crippen LogP contribution >= 0.6 is 0 Å². The highest BCUT2D eigenvalue weighted by molar-refractivity contribution is 5.95. The number of alkyl carbamates (subject to hydrolysis) is 1. The first-order valence-corrected chi connectivity index (χ1v) is 7.68. The third-order valence-corrected chi connectivity index (χ3v) is 3.02. The van der Waals surface area contributed by atoms with Gasteiger partial charge in [0.05, 0.1) is 19.3 Å². The van der Waals surface area contributed by atoms with Crippen molar-refractivity contribution < 1.29 is 28.6 Å². The number of Topliss-reactive ketones (excluding diaryl/α,β-unsaturated/α-hetero) is 1. The Morgan fingerprint density at radius 3 is 2.46 bits per heavy atom. The maximum absolute atomic E-state index is 11.8. The average molecular weight is 337 g/mol. The van der Waals surface area contributed by atoms with Crippen molar-refractivity contribution in [3.8, 4) is 0 Å². The topological polar surface area (TPSA) is 90.9 Å². The van der Waals surface area contributed by atoms with Gasteiger partial charge in [-0.3, -0.25) is 9.59 Å². The number of hydrogen-bond acceptors (Lipinski definition) is 6. The lowest BCUT2D eigenvalue weighted by Crippen LogP contribution is -2.40. The van der Waals surface area contributed by atoms with Crippen LogP contribution in [-0.4, -0.2) is 44.2 Å². The number of esters is 1. The molecule has 7 nitrogen and oxygen atoms in total. The molecule has 1 aromatic rings. The maximum atomic E-state index is 11.8. The van der Waals surface area contributed by atoms with Crippen molar-refractivity contribution in [1.29, 1.82) is 0 Å². The molecule has 1 rings (SSSR count). The number of nitrogens with one attached hydrogen (secondary N) is 1. The van der Waals surface area contributed by atoms with E-state index in [2.05, 4.69) is 5.32 Å². The number of rotatable bonds is 10. The molecule has 0 saturated heterocycles. The van der Waals surface area contributed by atoms with E-state index in [-0.39, 0.29) is 38.4 Å². The van der Waals surface area contributed by atoms with Crippen LogP contribution < -0.4 is 5.32 Å². The van der Waals surface area contributed by atoms with Crippen LogP contribution in [-0.2, 0) is 30.4 Å². The number of carbonyl (C=O) groups is 3. The number of benzene rings is 1. The zero-order valence-electron chi connectivity index (χ0n) is 13.9. The fourth-order valence-corrected chi connectivity index (χ4v) is 2.00. The van der Waals surface area contributed by atoms with E-state index in [4.69, 9.17) is 14.2 Å². The van der Waals surface area contributed by atoms with Crippen molar-refractivity contribution in [2.24, 2.45) is 0 Å². The third kappa shape index (κ3) is 8.28. The van der Waals surface area contributed by atoms with Crippen molar-refractivity contribution >= 4 is 17.8 Å². The van der Waals surface area contributed by atoms with Crippen molar-refractivity contribution in [1.82, 2.24) is 5.32 Å². The zero-order valence-corrected chi connectivity index (χ0v) is 13.9. The van der Waals surface area contributed by atoms with Gasteiger partial charge in [0.25, 0.3) is 0 Å². The first-order chi connectivity index (χ1) is 11.5. The molecule has 0 aliphatic carbocycles. The average Bonchev–Trinajstić information content (AvgIpc) is 2.54. The van der Waals surface area contributed by atoms with Gasteiger partial charge in [0.2, 0.25) is 0 Å². The lowest BCUT2D eigenvalue weighted by atomic mass is 10.1. The van der Waals surface area contributed by atoms with Crippen molar-refractivity contribution in [2.45, 2.75) is 32.4 Å². The van der Waals surface area contributed by atoms with Crippen LogP contribution in [0.2, 0.25) is 0 Å². The number of ketones is 1. The number of carbonyl (C=O) groups excluding carboxylic acids is 3. The molecule has 0 saturated carbocycles. The smallest absolute Gasteiger partial charge is 0.407 e. The van der Waals surface area contributed by atoms with E-state index < -0.39 is 18.1 Å². The molecule has 24 heavy (non-hydrogen) atoms. The lowest BCUT2D eigenvalue weighted by molar-refractivity contribution is -0.145. The molecule has 0 bridgehead atoms. The molecule has 0 heterocycles. The van der Waals surface area contributed by atoms with Gasteiger partial charge in [0.15, 0.2) is 0 Å². The Morgan fingerprint density at radius 1 is 1.12 bits per heavy atom. The summed E-state index contributed by atoms with van der Waals surface area (Å²) < 4.78 is 14.8. The van der Waals surface area contributed by atoms with Gasteiger partial charge < -0.3 is 19.5 Å². The summed E-state index contributed by atoms with van der Waals surface area (Å²) in [5.74, 6) is -0.913. The summed E-state index contributed by atoms with van der Waals surface area (Å²) in [6.45, 7) is 2.15. The molecule has 0 aliphatic heterocycles. The molecule has 7 heteroatoms. The number of methoxy groups -OCH3 is 1. The van der Waals surface area contributed by atoms with Crippen LogP contribution in [0.5, 0.6) is 0 Å². The van der Waals surface area contributed by atoms with Crippen molar-refractivity contribution in [3.05, 3.63) is 35.9 Å². The summed E-state index contributed by atoms with van der Waals surface area (Å²) in [6, 6.07) is 8.66. The molecule has 0 fully saturated rings. The van der Waals surface area contributed by atoms with Crippen LogP contribution in [0.4, 0.5) is 4.79 Å². The minimum Gasteiger partial charge on any atom is -0.466 e. The van der Waals surface area contributed by atoms with E-state index in [1.54, 1.807) is 6.92 Å². The van der Waals surface area contributed by atoms with Gasteiger partial charge in [-0.25, -0.2) is 4.79 Å². The molecule has 0 spiro atoms. The number of ether oxygens (including phenoxy) is 3. The Labute approximate surface area is 141 Å². The molecule has 1 atom stereocenters. The van der Waals surface area contributed by atoms with Gasteiger partial charge in [-0.1, -0.05) is 30.3 Å². The predicted octanol–water partition coefficient (Wildman–Crippen LogP) is 1.84. The standard InChI is InChI=1S/C17H23NO6/c1-3-23-16(20)10-15(19)9-14(12-22-2)18-17(21)24-11-13-7-5-4-6-8-13/h4-8,14H,3,9-12H2,1-2H3,(H,18,21)/t14-/m0/s1. The van der Waals surface area contributed by atoms with E-state index in [0.29, 0.717) is 0 Å². The molecule has 0 aliphatic rings. The summed E-state index contributed by atoms with van der Waals surface area (Å²) >= 11 is 0. The molecular formula is C17H23NO6. The van der Waals surface area contributed by atoms with Gasteiger partial charge in [-0.15, -0.1) is 0 Å². The minimum atomic E-state index is -0.648. The quantitative estimate of drug-likeness (QED) is 0.517. The summed E-state index contributed by atoms with van der Waals surface area (Å²) in [7, 11) is 1.46. The molecule has 132 valence electrons. The zero-order chi connectivity index (χ0) is 17.8. The number of hydrogen-bond donors (Lipinski definition) is 1. The highest BCUT2D eigenvalue weighted by Gasteiger charge is 2.19. The Morgan fingerprint density at radius 2 is 1.83 bits per heavy atom. The molecular weight excluding hydrogens is 314 g/mol. The van der Waals surface area contributed by atoms with E-state index in [1.807, 2.05) is 30.3 Å². The Balaban J connectivity index is 2.42. The van der Waals surface area contributed by atoms with Crippen molar-refractivity contribution in [3.63, 3.8) is 0 Å². The molecule has 1 amide bonds. The summed E-state index contributed by atoms with van der Waals surface area (Å²) in [5.41, 5.74) is 0.856. The van der Waals surface area contributed by atoms with Gasteiger partial charge in [0, 0.05) is 13.5 Å². The fourth-order valence-electron chi connectivity index (χ4n) is 2.00. The molecule has 0 radical (unpaired) electrons. The fraction of sp³-hybridized carbons (Fsp3) is 0.471. The minimum absolute atomic E-state index is 0.0346. The first-order valence-electron chi connectivity index (χ1n) is 7.68. The lowest BCUT2D eigenvalue weighted by Gasteiger charge is -2.17. The summed E-state index contributed by atoms with van der Waals surface area (Å²) in [4.78, 5) is 34.9. The van der Waals surface area contributed by atoms with Crippen LogP contribution in [0.15, 0.2) is 30.3 Å². The Kier molecular flexibility index (Phi) is 9.14.